The molecule has 2 aromatic rings. The fourth-order valence-corrected chi connectivity index (χ4v) is 2.60. The highest BCUT2D eigenvalue weighted by molar-refractivity contribution is 5.92. The summed E-state index contributed by atoms with van der Waals surface area (Å²) in [6, 6.07) is 7.25. The lowest BCUT2D eigenvalue weighted by Gasteiger charge is -2.11. The van der Waals surface area contributed by atoms with Gasteiger partial charge in [-0.1, -0.05) is 0 Å². The lowest BCUT2D eigenvalue weighted by molar-refractivity contribution is -0.119. The number of pyridine rings is 2. The minimum atomic E-state index is -0.184. The number of carbonyl (C=O) groups excluding carboxylic acids is 1. The molecule has 1 aliphatic heterocycles. The van der Waals surface area contributed by atoms with Crippen LogP contribution in [-0.4, -0.2) is 33.9 Å². The monoisotopic (exact) mass is 308 g/mol. The number of hydrogen-bond acceptors (Lipinski definition) is 6. The second kappa shape index (κ2) is 6.32. The summed E-state index contributed by atoms with van der Waals surface area (Å²) in [5, 5.41) is 11.7. The van der Waals surface area contributed by atoms with Crippen molar-refractivity contribution in [3.8, 4) is 17.3 Å². The van der Waals surface area contributed by atoms with Gasteiger partial charge in [-0.25, -0.2) is 9.97 Å². The van der Waals surface area contributed by atoms with Gasteiger partial charge >= 0.3 is 0 Å². The zero-order valence-electron chi connectivity index (χ0n) is 12.4. The number of hydrogen-bond donors (Lipinski definition) is 2. The van der Waals surface area contributed by atoms with Gasteiger partial charge in [0.05, 0.1) is 5.92 Å². The van der Waals surface area contributed by atoms with Crippen molar-refractivity contribution < 1.29 is 4.79 Å². The number of nitrogens with two attached hydrogens (primary N) is 1. The number of nitrogens with one attached hydrogen (secondary N) is 1. The van der Waals surface area contributed by atoms with Gasteiger partial charge in [0.25, 0.3) is 0 Å². The van der Waals surface area contributed by atoms with Crippen LogP contribution in [0.5, 0.6) is 0 Å². The predicted molar refractivity (Wildman–Crippen MR) is 85.8 cm³/mol. The molecule has 1 atom stereocenters. The topological polar surface area (TPSA) is 108 Å². The largest absolute Gasteiger partial charge is 0.384 e. The van der Waals surface area contributed by atoms with Crippen molar-refractivity contribution in [2.75, 3.05) is 24.1 Å². The van der Waals surface area contributed by atoms with Crippen LogP contribution >= 0.6 is 0 Å². The Morgan fingerprint density at radius 2 is 2.04 bits per heavy atom. The molecule has 3 N–H and O–H groups in total. The molecule has 1 fully saturated rings. The van der Waals surface area contributed by atoms with Crippen LogP contribution < -0.4 is 11.1 Å². The number of amides is 1. The molecule has 2 aromatic heterocycles. The first-order valence-electron chi connectivity index (χ1n) is 7.29. The van der Waals surface area contributed by atoms with E-state index < -0.39 is 0 Å². The molecule has 1 aliphatic rings. The van der Waals surface area contributed by atoms with Crippen molar-refractivity contribution in [2.24, 2.45) is 5.92 Å². The van der Waals surface area contributed by atoms with Crippen LogP contribution in [0.25, 0.3) is 11.1 Å². The van der Waals surface area contributed by atoms with Crippen LogP contribution in [0.4, 0.5) is 11.6 Å². The van der Waals surface area contributed by atoms with Crippen molar-refractivity contribution in [1.29, 1.82) is 5.26 Å². The van der Waals surface area contributed by atoms with Gasteiger partial charge in [-0.15, -0.1) is 0 Å². The van der Waals surface area contributed by atoms with E-state index in [1.54, 1.807) is 29.4 Å². The molecule has 1 unspecified atom stereocenters. The highest BCUT2D eigenvalue weighted by Crippen LogP contribution is 2.23. The first kappa shape index (κ1) is 14.8. The minimum Gasteiger partial charge on any atom is -0.384 e. The lowest BCUT2D eigenvalue weighted by atomic mass is 10.1. The van der Waals surface area contributed by atoms with Crippen molar-refractivity contribution in [3.63, 3.8) is 0 Å². The Morgan fingerprint density at radius 3 is 2.74 bits per heavy atom. The predicted octanol–water partition coefficient (Wildman–Crippen LogP) is 1.47. The maximum absolute atomic E-state index is 12.3. The Hall–Kier alpha value is -3.14. The summed E-state index contributed by atoms with van der Waals surface area (Å²) in [6.45, 7) is 1.08. The Balaban J connectivity index is 1.73. The Labute approximate surface area is 133 Å². The number of nitriles is 1. The van der Waals surface area contributed by atoms with Crippen molar-refractivity contribution in [3.05, 3.63) is 36.7 Å². The highest BCUT2D eigenvalue weighted by Gasteiger charge is 2.27. The molecule has 0 bridgehead atoms. The summed E-state index contributed by atoms with van der Waals surface area (Å²) >= 11 is 0. The molecule has 116 valence electrons. The fourth-order valence-electron chi connectivity index (χ4n) is 2.60. The fraction of sp³-hybridized carbons (Fsp3) is 0.250. The lowest BCUT2D eigenvalue weighted by Crippen LogP contribution is -2.25. The van der Waals surface area contributed by atoms with E-state index in [1.165, 1.54) is 0 Å². The van der Waals surface area contributed by atoms with E-state index in [1.807, 2.05) is 12.1 Å². The highest BCUT2D eigenvalue weighted by atomic mass is 16.2. The third-order valence-electron chi connectivity index (χ3n) is 3.83. The van der Waals surface area contributed by atoms with E-state index in [-0.39, 0.29) is 11.8 Å². The second-order valence-electron chi connectivity index (χ2n) is 5.42. The zero-order chi connectivity index (χ0) is 16.2. The smallest absolute Gasteiger partial charge is 0.230 e. The average molecular weight is 308 g/mol. The average Bonchev–Trinajstić information content (AvgIpc) is 3.04. The molecular weight excluding hydrogens is 292 g/mol. The molecule has 7 nitrogen and oxygen atoms in total. The quantitative estimate of drug-likeness (QED) is 0.831. The molecule has 0 spiro atoms. The van der Waals surface area contributed by atoms with Crippen LogP contribution in [0.15, 0.2) is 36.7 Å². The third-order valence-corrected chi connectivity index (χ3v) is 3.83. The molecular formula is C16H16N6O. The van der Waals surface area contributed by atoms with Gasteiger partial charge in [0.1, 0.15) is 11.6 Å². The molecule has 0 aliphatic carbocycles. The first-order chi connectivity index (χ1) is 11.2. The maximum Gasteiger partial charge on any atom is 0.230 e. The number of aromatic nitrogens is 2. The maximum atomic E-state index is 12.3. The number of likely N-dealkylation sites (tertiary alicyclic amines) is 1. The normalized spacial score (nSPS) is 16.8. The second-order valence-corrected chi connectivity index (χ2v) is 5.42. The summed E-state index contributed by atoms with van der Waals surface area (Å²) in [7, 11) is 0. The minimum absolute atomic E-state index is 0.110. The summed E-state index contributed by atoms with van der Waals surface area (Å²) < 4.78 is 0. The summed E-state index contributed by atoms with van der Waals surface area (Å²) in [4.78, 5) is 22.0. The number of nitrogen functional groups attached to an aromatic ring is 1. The SMILES string of the molecule is N#CN1CCC(C(=O)Nc2cc(-c3ccnc(N)c3)ccn2)C1. The van der Waals surface area contributed by atoms with Gasteiger partial charge in [0.15, 0.2) is 6.19 Å². The number of carbonyl (C=O) groups is 1. The number of anilines is 2. The van der Waals surface area contributed by atoms with E-state index in [0.717, 1.165) is 11.1 Å². The summed E-state index contributed by atoms with van der Waals surface area (Å²) in [5.41, 5.74) is 7.50. The molecule has 0 aromatic carbocycles. The van der Waals surface area contributed by atoms with Crippen LogP contribution in [-0.2, 0) is 4.79 Å². The van der Waals surface area contributed by atoms with E-state index >= 15 is 0 Å². The van der Waals surface area contributed by atoms with E-state index in [2.05, 4.69) is 21.5 Å². The molecule has 23 heavy (non-hydrogen) atoms. The van der Waals surface area contributed by atoms with Crippen LogP contribution in [0.2, 0.25) is 0 Å². The summed E-state index contributed by atoms with van der Waals surface area (Å²) in [6.07, 6.45) is 6.02. The molecule has 1 saturated heterocycles. The van der Waals surface area contributed by atoms with Crippen molar-refractivity contribution in [1.82, 2.24) is 14.9 Å². The van der Waals surface area contributed by atoms with Crippen molar-refractivity contribution in [2.45, 2.75) is 6.42 Å². The zero-order valence-corrected chi connectivity index (χ0v) is 12.4. The first-order valence-corrected chi connectivity index (χ1v) is 7.29. The Kier molecular flexibility index (Phi) is 4.06. The summed E-state index contributed by atoms with van der Waals surface area (Å²) in [5.74, 6) is 0.629. The molecule has 3 rings (SSSR count). The van der Waals surface area contributed by atoms with Gasteiger partial charge < -0.3 is 16.0 Å². The number of nitrogens with zero attached hydrogens (tertiary/aromatic N) is 4. The van der Waals surface area contributed by atoms with Crippen LogP contribution in [0.1, 0.15) is 6.42 Å². The van der Waals surface area contributed by atoms with E-state index in [4.69, 9.17) is 11.0 Å². The molecule has 0 saturated carbocycles. The standard InChI is InChI=1S/C16H16N6O/c17-10-22-6-3-13(9-22)16(23)21-15-8-12(2-5-20-15)11-1-4-19-14(18)7-11/h1-2,4-5,7-8,13H,3,6,9H2,(H2,18,19)(H,20,21,23). The van der Waals surface area contributed by atoms with E-state index in [0.29, 0.717) is 31.1 Å². The van der Waals surface area contributed by atoms with E-state index in [9.17, 15) is 4.79 Å². The molecule has 0 radical (unpaired) electrons. The van der Waals surface area contributed by atoms with Gasteiger partial charge in [0.2, 0.25) is 5.91 Å². The van der Waals surface area contributed by atoms with Gasteiger partial charge in [-0.05, 0) is 41.8 Å². The van der Waals surface area contributed by atoms with Gasteiger partial charge in [0, 0.05) is 25.5 Å². The van der Waals surface area contributed by atoms with Gasteiger partial charge in [-0.2, -0.15) is 5.26 Å². The van der Waals surface area contributed by atoms with Crippen LogP contribution in [0, 0.1) is 17.4 Å². The third kappa shape index (κ3) is 3.37. The Morgan fingerprint density at radius 1 is 1.30 bits per heavy atom. The van der Waals surface area contributed by atoms with Crippen LogP contribution in [0.3, 0.4) is 0 Å². The number of rotatable bonds is 3. The molecule has 3 heterocycles. The van der Waals surface area contributed by atoms with Crippen molar-refractivity contribution >= 4 is 17.5 Å². The molecule has 7 heteroatoms. The Bertz CT molecular complexity index is 769. The molecule has 1 amide bonds. The van der Waals surface area contributed by atoms with Gasteiger partial charge in [-0.3, -0.25) is 4.79 Å².